The third-order valence-corrected chi connectivity index (χ3v) is 2.11. The van der Waals surface area contributed by atoms with Gasteiger partial charge in [0.2, 0.25) is 0 Å². The van der Waals surface area contributed by atoms with E-state index in [2.05, 4.69) is 10.2 Å². The minimum Gasteiger partial charge on any atom is -0.466 e. The van der Waals surface area contributed by atoms with Crippen LogP contribution in [0.2, 0.25) is 0 Å². The molecule has 0 atom stereocenters. The Morgan fingerprint density at radius 2 is 1.94 bits per heavy atom. The second kappa shape index (κ2) is 7.24. The Morgan fingerprint density at radius 3 is 2.56 bits per heavy atom. The normalized spacial score (nSPS) is 10.9. The molecule has 5 heteroatoms. The summed E-state index contributed by atoms with van der Waals surface area (Å²) in [7, 11) is 1.25. The van der Waals surface area contributed by atoms with Gasteiger partial charge in [0.1, 0.15) is 0 Å². The van der Waals surface area contributed by atoms with Crippen molar-refractivity contribution in [1.82, 2.24) is 5.48 Å². The van der Waals surface area contributed by atoms with Crippen LogP contribution in [0.5, 0.6) is 0 Å². The molecular weight excluding hydrogens is 234 g/mol. The van der Waals surface area contributed by atoms with Crippen LogP contribution in [0.25, 0.3) is 0 Å². The maximum absolute atomic E-state index is 11.3. The van der Waals surface area contributed by atoms with Crippen molar-refractivity contribution in [2.24, 2.45) is 0 Å². The van der Waals surface area contributed by atoms with E-state index in [0.29, 0.717) is 0 Å². The minimum absolute atomic E-state index is 0.207. The maximum Gasteiger partial charge on any atom is 0.333 e. The fourth-order valence-corrected chi connectivity index (χ4v) is 1.21. The van der Waals surface area contributed by atoms with Gasteiger partial charge in [-0.1, -0.05) is 30.3 Å². The summed E-state index contributed by atoms with van der Waals surface area (Å²) in [5, 5.41) is 0. The lowest BCUT2D eigenvalue weighted by Gasteiger charge is -2.04. The molecule has 0 saturated heterocycles. The van der Waals surface area contributed by atoms with Gasteiger partial charge in [-0.15, -0.1) is 0 Å². The lowest BCUT2D eigenvalue weighted by atomic mass is 10.2. The van der Waals surface area contributed by atoms with E-state index >= 15 is 0 Å². The van der Waals surface area contributed by atoms with Gasteiger partial charge < -0.3 is 4.74 Å². The molecule has 0 aliphatic rings. The van der Waals surface area contributed by atoms with Crippen LogP contribution in [-0.4, -0.2) is 19.0 Å². The largest absolute Gasteiger partial charge is 0.466 e. The van der Waals surface area contributed by atoms with Gasteiger partial charge in [-0.3, -0.25) is 9.63 Å². The van der Waals surface area contributed by atoms with Gasteiger partial charge in [0.15, 0.2) is 0 Å². The molecule has 0 bridgehead atoms. The molecular formula is C13H15NO4. The van der Waals surface area contributed by atoms with Crippen molar-refractivity contribution in [1.29, 1.82) is 0 Å². The molecule has 0 aromatic heterocycles. The van der Waals surface area contributed by atoms with Crippen LogP contribution in [0, 0.1) is 0 Å². The Labute approximate surface area is 105 Å². The highest BCUT2D eigenvalue weighted by Crippen LogP contribution is 1.99. The summed E-state index contributed by atoms with van der Waals surface area (Å²) in [5.74, 6) is -1.05. The number of carbonyl (C=O) groups excluding carboxylic acids is 2. The number of carbonyl (C=O) groups is 2. The van der Waals surface area contributed by atoms with Crippen LogP contribution in [0.4, 0.5) is 0 Å². The average Bonchev–Trinajstić information content (AvgIpc) is 2.38. The fourth-order valence-electron chi connectivity index (χ4n) is 1.21. The molecule has 18 heavy (non-hydrogen) atoms. The van der Waals surface area contributed by atoms with E-state index in [1.165, 1.54) is 14.0 Å². The summed E-state index contributed by atoms with van der Waals surface area (Å²) in [6, 6.07) is 9.40. The minimum atomic E-state index is -0.548. The van der Waals surface area contributed by atoms with Crippen LogP contribution in [0.3, 0.4) is 0 Å². The molecule has 0 heterocycles. The number of hydroxylamine groups is 1. The van der Waals surface area contributed by atoms with E-state index in [0.717, 1.165) is 11.6 Å². The molecule has 1 amide bonds. The molecule has 0 spiro atoms. The Balaban J connectivity index is 2.36. The van der Waals surface area contributed by atoms with Crippen LogP contribution in [0.15, 0.2) is 42.0 Å². The topological polar surface area (TPSA) is 64.6 Å². The molecule has 0 unspecified atom stereocenters. The van der Waals surface area contributed by atoms with E-state index in [9.17, 15) is 9.59 Å². The highest BCUT2D eigenvalue weighted by molar-refractivity contribution is 5.97. The molecule has 1 aromatic carbocycles. The first kappa shape index (κ1) is 13.9. The van der Waals surface area contributed by atoms with E-state index in [1.807, 2.05) is 30.3 Å². The first-order valence-corrected chi connectivity index (χ1v) is 5.36. The average molecular weight is 249 g/mol. The molecule has 0 aliphatic carbocycles. The number of benzene rings is 1. The third kappa shape index (κ3) is 4.80. The lowest BCUT2D eigenvalue weighted by Crippen LogP contribution is -2.22. The van der Waals surface area contributed by atoms with Crippen molar-refractivity contribution in [2.45, 2.75) is 13.5 Å². The zero-order valence-electron chi connectivity index (χ0n) is 10.3. The number of nitrogens with one attached hydrogen (secondary N) is 1. The molecule has 96 valence electrons. The summed E-state index contributed by atoms with van der Waals surface area (Å²) in [6.07, 6.45) is 1.12. The highest BCUT2D eigenvalue weighted by atomic mass is 16.6. The first-order valence-electron chi connectivity index (χ1n) is 5.36. The van der Waals surface area contributed by atoms with Crippen molar-refractivity contribution in [3.63, 3.8) is 0 Å². The van der Waals surface area contributed by atoms with Crippen LogP contribution in [0.1, 0.15) is 12.5 Å². The van der Waals surface area contributed by atoms with Crippen molar-refractivity contribution in [2.75, 3.05) is 7.11 Å². The van der Waals surface area contributed by atoms with E-state index in [-0.39, 0.29) is 12.2 Å². The van der Waals surface area contributed by atoms with Gasteiger partial charge in [-0.05, 0) is 12.5 Å². The summed E-state index contributed by atoms with van der Waals surface area (Å²) >= 11 is 0. The predicted octanol–water partition coefficient (Wildman–Crippen LogP) is 1.35. The van der Waals surface area contributed by atoms with E-state index < -0.39 is 11.9 Å². The quantitative estimate of drug-likeness (QED) is 0.486. The molecule has 0 aliphatic heterocycles. The molecule has 0 radical (unpaired) electrons. The van der Waals surface area contributed by atoms with Crippen LogP contribution in [-0.2, 0) is 25.8 Å². The molecule has 1 rings (SSSR count). The first-order chi connectivity index (χ1) is 8.63. The number of rotatable bonds is 5. The van der Waals surface area contributed by atoms with E-state index in [1.54, 1.807) is 0 Å². The van der Waals surface area contributed by atoms with Crippen molar-refractivity contribution in [3.8, 4) is 0 Å². The van der Waals surface area contributed by atoms with Gasteiger partial charge >= 0.3 is 5.97 Å². The van der Waals surface area contributed by atoms with E-state index in [4.69, 9.17) is 4.84 Å². The van der Waals surface area contributed by atoms with Crippen LogP contribution < -0.4 is 5.48 Å². The summed E-state index contributed by atoms with van der Waals surface area (Å²) in [5.41, 5.74) is 3.36. The molecule has 5 nitrogen and oxygen atoms in total. The molecule has 1 N–H and O–H groups in total. The summed E-state index contributed by atoms with van der Waals surface area (Å²) < 4.78 is 4.46. The van der Waals surface area contributed by atoms with Gasteiger partial charge in [-0.25, -0.2) is 10.3 Å². The zero-order valence-corrected chi connectivity index (χ0v) is 10.3. The second-order valence-corrected chi connectivity index (χ2v) is 3.56. The second-order valence-electron chi connectivity index (χ2n) is 3.56. The zero-order chi connectivity index (χ0) is 13.4. The number of hydrogen-bond donors (Lipinski definition) is 1. The number of ether oxygens (including phenoxy) is 1. The van der Waals surface area contributed by atoms with Gasteiger partial charge in [0, 0.05) is 11.6 Å². The van der Waals surface area contributed by atoms with Crippen LogP contribution >= 0.6 is 0 Å². The molecule has 0 fully saturated rings. The predicted molar refractivity (Wildman–Crippen MR) is 65.1 cm³/mol. The Bertz CT molecular complexity index is 440. The fraction of sp³-hybridized carbons (Fsp3) is 0.231. The van der Waals surface area contributed by atoms with Crippen molar-refractivity contribution < 1.29 is 19.2 Å². The Morgan fingerprint density at radius 1 is 1.28 bits per heavy atom. The number of amides is 1. The maximum atomic E-state index is 11.3. The lowest BCUT2D eigenvalue weighted by molar-refractivity contribution is -0.137. The summed E-state index contributed by atoms with van der Waals surface area (Å²) in [4.78, 5) is 27.4. The monoisotopic (exact) mass is 249 g/mol. The van der Waals surface area contributed by atoms with Crippen molar-refractivity contribution >= 4 is 11.9 Å². The Kier molecular flexibility index (Phi) is 5.60. The van der Waals surface area contributed by atoms with Gasteiger partial charge in [0.05, 0.1) is 13.7 Å². The van der Waals surface area contributed by atoms with Crippen molar-refractivity contribution in [3.05, 3.63) is 47.5 Å². The molecule has 0 saturated carbocycles. The van der Waals surface area contributed by atoms with Gasteiger partial charge in [0.25, 0.3) is 5.91 Å². The number of esters is 1. The van der Waals surface area contributed by atoms with Gasteiger partial charge in [-0.2, -0.15) is 0 Å². The molecule has 1 aromatic rings. The number of methoxy groups -OCH3 is 1. The third-order valence-electron chi connectivity index (χ3n) is 2.11. The smallest absolute Gasteiger partial charge is 0.333 e. The SMILES string of the molecule is COC(=O)/C(C)=C\C(=O)NOCc1ccccc1. The summed E-state index contributed by atoms with van der Waals surface area (Å²) in [6.45, 7) is 1.75. The highest BCUT2D eigenvalue weighted by Gasteiger charge is 2.05. The number of hydrogen-bond acceptors (Lipinski definition) is 4. The Hall–Kier alpha value is -2.14. The standard InChI is InChI=1S/C13H15NO4/c1-10(13(16)17-2)8-12(15)14-18-9-11-6-4-3-5-7-11/h3-8H,9H2,1-2H3,(H,14,15)/b10-8-.